The number of nitrogens with zero attached hydrogens (tertiary/aromatic N) is 2. The van der Waals surface area contributed by atoms with E-state index in [2.05, 4.69) is 5.32 Å². The van der Waals surface area contributed by atoms with Crippen LogP contribution in [0.4, 0.5) is 5.69 Å². The molecular weight excluding hydrogens is 513 g/mol. The third-order valence-electron chi connectivity index (χ3n) is 5.35. The molecule has 2 amide bonds. The van der Waals surface area contributed by atoms with Gasteiger partial charge in [0.1, 0.15) is 18.3 Å². The second-order valence-corrected chi connectivity index (χ2v) is 10.8. The Morgan fingerprint density at radius 3 is 2.43 bits per heavy atom. The molecule has 8 nitrogen and oxygen atoms in total. The van der Waals surface area contributed by atoms with Gasteiger partial charge in [0, 0.05) is 13.1 Å². The second-order valence-electron chi connectivity index (χ2n) is 8.06. The molecule has 0 aliphatic rings. The van der Waals surface area contributed by atoms with Gasteiger partial charge in [-0.25, -0.2) is 8.42 Å². The number of anilines is 1. The molecule has 1 N–H and O–H groups in total. The highest BCUT2D eigenvalue weighted by molar-refractivity contribution is 7.92. The Hall–Kier alpha value is -2.49. The molecular formula is C24H31Cl2N3O5S. The number of carbonyl (C=O) groups excluding carboxylic acids is 2. The fourth-order valence-electron chi connectivity index (χ4n) is 3.34. The van der Waals surface area contributed by atoms with Crippen molar-refractivity contribution in [2.75, 3.05) is 30.8 Å². The topological polar surface area (TPSA) is 96.0 Å². The van der Waals surface area contributed by atoms with Crippen molar-refractivity contribution in [2.45, 2.75) is 39.3 Å². The van der Waals surface area contributed by atoms with E-state index in [1.165, 1.54) is 30.2 Å². The molecule has 0 saturated carbocycles. The molecule has 0 aliphatic carbocycles. The average Bonchev–Trinajstić information content (AvgIpc) is 2.81. The van der Waals surface area contributed by atoms with Gasteiger partial charge in [-0.2, -0.15) is 0 Å². The van der Waals surface area contributed by atoms with Crippen LogP contribution in [0.2, 0.25) is 10.0 Å². The lowest BCUT2D eigenvalue weighted by molar-refractivity contribution is -0.139. The maximum absolute atomic E-state index is 13.5. The smallest absolute Gasteiger partial charge is 0.244 e. The lowest BCUT2D eigenvalue weighted by atomic mass is 10.1. The van der Waals surface area contributed by atoms with E-state index in [0.29, 0.717) is 12.3 Å². The van der Waals surface area contributed by atoms with E-state index < -0.39 is 28.5 Å². The van der Waals surface area contributed by atoms with Crippen molar-refractivity contribution in [3.8, 4) is 5.75 Å². The molecule has 0 saturated heterocycles. The number of methoxy groups -OCH3 is 1. The van der Waals surface area contributed by atoms with Crippen LogP contribution in [0.1, 0.15) is 32.3 Å². The predicted molar refractivity (Wildman–Crippen MR) is 140 cm³/mol. The zero-order chi connectivity index (χ0) is 26.2. The van der Waals surface area contributed by atoms with E-state index in [4.69, 9.17) is 27.9 Å². The summed E-state index contributed by atoms with van der Waals surface area (Å²) in [5.41, 5.74) is 0.919. The normalized spacial score (nSPS) is 12.1. The summed E-state index contributed by atoms with van der Waals surface area (Å²) >= 11 is 12.1. The highest BCUT2D eigenvalue weighted by atomic mass is 35.5. The van der Waals surface area contributed by atoms with Gasteiger partial charge in [-0.3, -0.25) is 13.9 Å². The summed E-state index contributed by atoms with van der Waals surface area (Å²) in [7, 11) is -2.32. The first kappa shape index (κ1) is 28.7. The van der Waals surface area contributed by atoms with Crippen LogP contribution >= 0.6 is 23.2 Å². The molecule has 0 bridgehead atoms. The molecule has 2 aromatic rings. The molecule has 2 aromatic carbocycles. The minimum absolute atomic E-state index is 0.0807. The number of hydrogen-bond acceptors (Lipinski definition) is 5. The van der Waals surface area contributed by atoms with Crippen LogP contribution in [0.25, 0.3) is 0 Å². The number of hydrogen-bond donors (Lipinski definition) is 1. The van der Waals surface area contributed by atoms with Crippen molar-refractivity contribution in [1.82, 2.24) is 10.2 Å². The summed E-state index contributed by atoms with van der Waals surface area (Å²) in [5.74, 6) is -0.277. The van der Waals surface area contributed by atoms with Gasteiger partial charge >= 0.3 is 0 Å². The van der Waals surface area contributed by atoms with Crippen LogP contribution in [0.3, 0.4) is 0 Å². The zero-order valence-electron chi connectivity index (χ0n) is 20.3. The number of unbranched alkanes of at least 4 members (excludes halogenated alkanes) is 1. The molecule has 1 atom stereocenters. The van der Waals surface area contributed by atoms with Gasteiger partial charge in [0.05, 0.1) is 29.1 Å². The highest BCUT2D eigenvalue weighted by Gasteiger charge is 2.30. The van der Waals surface area contributed by atoms with Crippen molar-refractivity contribution in [2.24, 2.45) is 0 Å². The Morgan fingerprint density at radius 2 is 1.83 bits per heavy atom. The molecule has 0 spiro atoms. The van der Waals surface area contributed by atoms with Gasteiger partial charge in [-0.05, 0) is 49.2 Å². The van der Waals surface area contributed by atoms with Crippen LogP contribution < -0.4 is 14.4 Å². The number of sulfonamides is 1. The van der Waals surface area contributed by atoms with Crippen molar-refractivity contribution in [3.05, 3.63) is 58.1 Å². The maximum atomic E-state index is 13.5. The molecule has 192 valence electrons. The molecule has 0 radical (unpaired) electrons. The van der Waals surface area contributed by atoms with E-state index in [9.17, 15) is 18.0 Å². The van der Waals surface area contributed by atoms with Gasteiger partial charge in [-0.1, -0.05) is 48.7 Å². The lowest BCUT2D eigenvalue weighted by Crippen LogP contribution is -2.51. The molecule has 0 heterocycles. The zero-order valence-corrected chi connectivity index (χ0v) is 22.6. The summed E-state index contributed by atoms with van der Waals surface area (Å²) in [6.07, 6.45) is 2.71. The molecule has 0 fully saturated rings. The van der Waals surface area contributed by atoms with Crippen LogP contribution in [0, 0.1) is 0 Å². The predicted octanol–water partition coefficient (Wildman–Crippen LogP) is 4.10. The standard InChI is InChI=1S/C24H31Cl2N3O5S/c1-5-6-12-27-24(31)17(2)28(15-18-8-7-9-20(13-18)34-3)23(30)16-29(35(4,32)33)19-10-11-21(25)22(26)14-19/h7-11,13-14,17H,5-6,12,15-16H2,1-4H3,(H,27,31). The Morgan fingerprint density at radius 1 is 1.11 bits per heavy atom. The second kappa shape index (κ2) is 13.0. The molecule has 1 unspecified atom stereocenters. The van der Waals surface area contributed by atoms with Gasteiger partial charge in [0.15, 0.2) is 0 Å². The summed E-state index contributed by atoms with van der Waals surface area (Å²) in [6, 6.07) is 10.6. The highest BCUT2D eigenvalue weighted by Crippen LogP contribution is 2.28. The minimum atomic E-state index is -3.86. The van der Waals surface area contributed by atoms with Crippen LogP contribution in [0.5, 0.6) is 5.75 Å². The Kier molecular flexibility index (Phi) is 10.7. The van der Waals surface area contributed by atoms with E-state index in [-0.39, 0.29) is 28.2 Å². The number of amides is 2. The van der Waals surface area contributed by atoms with E-state index >= 15 is 0 Å². The SMILES string of the molecule is CCCCNC(=O)C(C)N(Cc1cccc(OC)c1)C(=O)CN(c1ccc(Cl)c(Cl)c1)S(C)(=O)=O. The molecule has 0 aromatic heterocycles. The summed E-state index contributed by atoms with van der Waals surface area (Å²) < 4.78 is 31.4. The monoisotopic (exact) mass is 543 g/mol. The molecule has 11 heteroatoms. The third kappa shape index (κ3) is 8.30. The van der Waals surface area contributed by atoms with E-state index in [1.807, 2.05) is 6.92 Å². The Bertz CT molecular complexity index is 1140. The number of rotatable bonds is 12. The average molecular weight is 545 g/mol. The van der Waals surface area contributed by atoms with E-state index in [1.54, 1.807) is 31.2 Å². The number of ether oxygens (including phenoxy) is 1. The van der Waals surface area contributed by atoms with Gasteiger partial charge in [0.25, 0.3) is 0 Å². The molecule has 0 aliphatic heterocycles. The summed E-state index contributed by atoms with van der Waals surface area (Å²) in [5, 5.41) is 3.25. The fourth-order valence-corrected chi connectivity index (χ4v) is 4.47. The van der Waals surface area contributed by atoms with Crippen LogP contribution in [-0.4, -0.2) is 57.6 Å². The largest absolute Gasteiger partial charge is 0.497 e. The first-order valence-corrected chi connectivity index (χ1v) is 13.7. The van der Waals surface area contributed by atoms with Crippen molar-refractivity contribution < 1.29 is 22.7 Å². The first-order chi connectivity index (χ1) is 16.5. The molecule has 35 heavy (non-hydrogen) atoms. The first-order valence-electron chi connectivity index (χ1n) is 11.1. The van der Waals surface area contributed by atoms with Crippen LogP contribution in [-0.2, 0) is 26.2 Å². The molecule has 2 rings (SSSR count). The lowest BCUT2D eigenvalue weighted by Gasteiger charge is -2.31. The van der Waals surface area contributed by atoms with Crippen molar-refractivity contribution in [1.29, 1.82) is 0 Å². The summed E-state index contributed by atoms with van der Waals surface area (Å²) in [6.45, 7) is 3.67. The number of halogens is 2. The van der Waals surface area contributed by atoms with Gasteiger partial charge in [0.2, 0.25) is 21.8 Å². The van der Waals surface area contributed by atoms with Gasteiger partial charge in [-0.15, -0.1) is 0 Å². The number of benzene rings is 2. The van der Waals surface area contributed by atoms with Gasteiger partial charge < -0.3 is 15.0 Å². The van der Waals surface area contributed by atoms with Crippen molar-refractivity contribution >= 4 is 50.7 Å². The van der Waals surface area contributed by atoms with Crippen LogP contribution in [0.15, 0.2) is 42.5 Å². The third-order valence-corrected chi connectivity index (χ3v) is 7.23. The Balaban J connectivity index is 2.38. The minimum Gasteiger partial charge on any atom is -0.497 e. The van der Waals surface area contributed by atoms with Crippen molar-refractivity contribution in [3.63, 3.8) is 0 Å². The number of carbonyl (C=O) groups is 2. The number of nitrogens with one attached hydrogen (secondary N) is 1. The quantitative estimate of drug-likeness (QED) is 0.406. The van der Waals surface area contributed by atoms with E-state index in [0.717, 1.165) is 29.0 Å². The summed E-state index contributed by atoms with van der Waals surface area (Å²) in [4.78, 5) is 27.7. The Labute approximate surface area is 217 Å². The maximum Gasteiger partial charge on any atom is 0.244 e. The fraction of sp³-hybridized carbons (Fsp3) is 0.417.